The Morgan fingerprint density at radius 3 is 3.21 bits per heavy atom. The van der Waals surface area contributed by atoms with Crippen LogP contribution in [-0.2, 0) is 6.42 Å². The number of H-pyrrole nitrogens is 1. The molecule has 0 saturated heterocycles. The van der Waals surface area contributed by atoms with Gasteiger partial charge in [0.05, 0.1) is 0 Å². The highest BCUT2D eigenvalue weighted by molar-refractivity contribution is 5.53. The van der Waals surface area contributed by atoms with Crippen LogP contribution in [0.2, 0.25) is 0 Å². The summed E-state index contributed by atoms with van der Waals surface area (Å²) >= 11 is 0. The lowest BCUT2D eigenvalue weighted by atomic mass is 10.1. The average Bonchev–Trinajstić information content (AvgIpc) is 2.66. The summed E-state index contributed by atoms with van der Waals surface area (Å²) in [4.78, 5) is 0. The number of anilines is 1. The van der Waals surface area contributed by atoms with Gasteiger partial charge in [0.2, 0.25) is 0 Å². The minimum Gasteiger partial charge on any atom is -0.368 e. The van der Waals surface area contributed by atoms with Crippen LogP contribution in [0.3, 0.4) is 0 Å². The molecule has 2 aliphatic carbocycles. The van der Waals surface area contributed by atoms with Gasteiger partial charge >= 0.3 is 0 Å². The van der Waals surface area contributed by atoms with Gasteiger partial charge in [-0.15, -0.1) is 0 Å². The molecule has 76 valence electrons. The highest BCUT2D eigenvalue weighted by Gasteiger charge is 2.47. The zero-order valence-electron chi connectivity index (χ0n) is 8.80. The molecule has 2 N–H and O–H groups in total. The molecule has 3 heteroatoms. The first-order valence-electron chi connectivity index (χ1n) is 5.56. The van der Waals surface area contributed by atoms with E-state index in [0.717, 1.165) is 24.2 Å². The Hall–Kier alpha value is -0.990. The van der Waals surface area contributed by atoms with E-state index < -0.39 is 0 Å². The predicted octanol–water partition coefficient (Wildman–Crippen LogP) is 2.14. The smallest absolute Gasteiger partial charge is 0.151 e. The third-order valence-electron chi connectivity index (χ3n) is 3.34. The van der Waals surface area contributed by atoms with Crippen molar-refractivity contribution in [2.75, 3.05) is 11.9 Å². The topological polar surface area (TPSA) is 40.7 Å². The van der Waals surface area contributed by atoms with Crippen molar-refractivity contribution in [2.24, 2.45) is 11.8 Å². The number of hydrogen-bond acceptors (Lipinski definition) is 2. The van der Waals surface area contributed by atoms with Crippen molar-refractivity contribution in [3.8, 4) is 0 Å². The van der Waals surface area contributed by atoms with Gasteiger partial charge < -0.3 is 5.32 Å². The van der Waals surface area contributed by atoms with Crippen LogP contribution in [0.25, 0.3) is 0 Å². The van der Waals surface area contributed by atoms with Crippen LogP contribution in [0.4, 0.5) is 5.82 Å². The second kappa shape index (κ2) is 2.75. The monoisotopic (exact) mass is 191 g/mol. The molecule has 14 heavy (non-hydrogen) atoms. The Labute approximate surface area is 84.3 Å². The number of rotatable bonds is 3. The zero-order valence-corrected chi connectivity index (χ0v) is 8.80. The highest BCUT2D eigenvalue weighted by atomic mass is 15.2. The number of nitrogens with zero attached hydrogens (tertiary/aromatic N) is 1. The summed E-state index contributed by atoms with van der Waals surface area (Å²) < 4.78 is 0. The molecule has 0 aromatic carbocycles. The molecule has 0 spiro atoms. The molecule has 3 nitrogen and oxygen atoms in total. The van der Waals surface area contributed by atoms with E-state index >= 15 is 0 Å². The molecule has 0 radical (unpaired) electrons. The molecule has 0 aliphatic heterocycles. The number of hydrogen-bond donors (Lipinski definition) is 2. The van der Waals surface area contributed by atoms with Crippen LogP contribution < -0.4 is 5.32 Å². The number of nitrogens with one attached hydrogen (secondary N) is 2. The molecule has 1 aromatic rings. The van der Waals surface area contributed by atoms with Crippen molar-refractivity contribution >= 4 is 5.82 Å². The third kappa shape index (κ3) is 1.15. The van der Waals surface area contributed by atoms with Gasteiger partial charge in [-0.25, -0.2) is 0 Å². The van der Waals surface area contributed by atoms with E-state index in [4.69, 9.17) is 0 Å². The van der Waals surface area contributed by atoms with Crippen molar-refractivity contribution in [2.45, 2.75) is 32.6 Å². The SMILES string of the molecule is CC(C)CNc1n[nH]c2c1CC1CC21. The van der Waals surface area contributed by atoms with Gasteiger partial charge in [-0.3, -0.25) is 5.10 Å². The standard InChI is InChI=1S/C11H17N3/c1-6(2)5-12-11-9-4-7-3-8(7)10(9)13-14-11/h6-8H,3-5H2,1-2H3,(H2,12,13,14). The molecule has 2 unspecified atom stereocenters. The van der Waals surface area contributed by atoms with Crippen LogP contribution in [-0.4, -0.2) is 16.7 Å². The highest BCUT2D eigenvalue weighted by Crippen LogP contribution is 2.56. The van der Waals surface area contributed by atoms with Crippen molar-refractivity contribution in [3.05, 3.63) is 11.3 Å². The number of fused-ring (bicyclic) bond motifs is 3. The Balaban J connectivity index is 1.77. The zero-order chi connectivity index (χ0) is 9.71. The van der Waals surface area contributed by atoms with Gasteiger partial charge in [0.25, 0.3) is 0 Å². The largest absolute Gasteiger partial charge is 0.368 e. The van der Waals surface area contributed by atoms with E-state index in [1.165, 1.54) is 24.1 Å². The maximum atomic E-state index is 4.35. The normalized spacial score (nSPS) is 27.6. The molecule has 2 atom stereocenters. The molecule has 2 aliphatic rings. The Kier molecular flexibility index (Phi) is 1.64. The van der Waals surface area contributed by atoms with E-state index in [0.29, 0.717) is 5.92 Å². The minimum atomic E-state index is 0.679. The summed E-state index contributed by atoms with van der Waals surface area (Å²) in [7, 11) is 0. The Morgan fingerprint density at radius 2 is 2.43 bits per heavy atom. The summed E-state index contributed by atoms with van der Waals surface area (Å²) in [6, 6.07) is 0. The molecular weight excluding hydrogens is 174 g/mol. The van der Waals surface area contributed by atoms with E-state index in [-0.39, 0.29) is 0 Å². The maximum Gasteiger partial charge on any atom is 0.151 e. The van der Waals surface area contributed by atoms with E-state index in [1.54, 1.807) is 0 Å². The third-order valence-corrected chi connectivity index (χ3v) is 3.34. The quantitative estimate of drug-likeness (QED) is 0.768. The summed E-state index contributed by atoms with van der Waals surface area (Å²) in [5.41, 5.74) is 2.88. The van der Waals surface area contributed by atoms with Crippen molar-refractivity contribution < 1.29 is 0 Å². The summed E-state index contributed by atoms with van der Waals surface area (Å²) in [6.07, 6.45) is 2.63. The van der Waals surface area contributed by atoms with Crippen LogP contribution in [0.1, 0.15) is 37.4 Å². The van der Waals surface area contributed by atoms with Gasteiger partial charge in [0.1, 0.15) is 0 Å². The number of aromatic amines is 1. The first-order valence-corrected chi connectivity index (χ1v) is 5.56. The van der Waals surface area contributed by atoms with Gasteiger partial charge in [-0.1, -0.05) is 13.8 Å². The van der Waals surface area contributed by atoms with E-state index in [1.807, 2.05) is 0 Å². The molecule has 0 amide bonds. The Bertz CT molecular complexity index is 353. The lowest BCUT2D eigenvalue weighted by Gasteiger charge is -2.07. The molecule has 1 saturated carbocycles. The second-order valence-electron chi connectivity index (χ2n) is 5.05. The van der Waals surface area contributed by atoms with Gasteiger partial charge in [0, 0.05) is 23.7 Å². The average molecular weight is 191 g/mol. The number of aromatic nitrogens is 2. The van der Waals surface area contributed by atoms with Gasteiger partial charge in [-0.2, -0.15) is 5.10 Å². The van der Waals surface area contributed by atoms with E-state index in [9.17, 15) is 0 Å². The first kappa shape index (κ1) is 8.33. The molecule has 0 bridgehead atoms. The molecular formula is C11H17N3. The lowest BCUT2D eigenvalue weighted by molar-refractivity contribution is 0.685. The van der Waals surface area contributed by atoms with E-state index in [2.05, 4.69) is 29.4 Å². The summed E-state index contributed by atoms with van der Waals surface area (Å²) in [6.45, 7) is 5.46. The summed E-state index contributed by atoms with van der Waals surface area (Å²) in [5, 5.41) is 11.0. The van der Waals surface area contributed by atoms with Crippen molar-refractivity contribution in [1.29, 1.82) is 0 Å². The second-order valence-corrected chi connectivity index (χ2v) is 5.05. The lowest BCUT2D eigenvalue weighted by Crippen LogP contribution is -2.09. The fourth-order valence-electron chi connectivity index (χ4n) is 2.43. The maximum absolute atomic E-state index is 4.35. The van der Waals surface area contributed by atoms with Gasteiger partial charge in [0.15, 0.2) is 5.82 Å². The first-order chi connectivity index (χ1) is 6.75. The van der Waals surface area contributed by atoms with Crippen LogP contribution in [0, 0.1) is 11.8 Å². The molecule has 3 rings (SSSR count). The summed E-state index contributed by atoms with van der Waals surface area (Å²) in [5.74, 6) is 3.56. The van der Waals surface area contributed by atoms with Crippen molar-refractivity contribution in [3.63, 3.8) is 0 Å². The Morgan fingerprint density at radius 1 is 1.57 bits per heavy atom. The van der Waals surface area contributed by atoms with Crippen LogP contribution in [0.15, 0.2) is 0 Å². The van der Waals surface area contributed by atoms with Crippen molar-refractivity contribution in [1.82, 2.24) is 10.2 Å². The fraction of sp³-hybridized carbons (Fsp3) is 0.727. The predicted molar refractivity (Wildman–Crippen MR) is 56.5 cm³/mol. The van der Waals surface area contributed by atoms with Gasteiger partial charge in [-0.05, 0) is 24.7 Å². The minimum absolute atomic E-state index is 0.679. The molecule has 1 aromatic heterocycles. The van der Waals surface area contributed by atoms with Crippen LogP contribution in [0.5, 0.6) is 0 Å². The van der Waals surface area contributed by atoms with Crippen LogP contribution >= 0.6 is 0 Å². The fourth-order valence-corrected chi connectivity index (χ4v) is 2.43. The molecule has 1 heterocycles. The molecule has 1 fully saturated rings.